The summed E-state index contributed by atoms with van der Waals surface area (Å²) in [6, 6.07) is 11.9. The molecule has 0 spiro atoms. The van der Waals surface area contributed by atoms with Gasteiger partial charge in [-0.1, -0.05) is 6.07 Å². The van der Waals surface area contributed by atoms with Crippen LogP contribution in [-0.4, -0.2) is 61.4 Å². The number of rotatable bonds is 10. The first-order valence-corrected chi connectivity index (χ1v) is 11.0. The highest BCUT2D eigenvalue weighted by Crippen LogP contribution is 2.34. The third kappa shape index (κ3) is 5.16. The quantitative estimate of drug-likeness (QED) is 0.403. The first-order valence-electron chi connectivity index (χ1n) is 11.0. The summed E-state index contributed by atoms with van der Waals surface area (Å²) < 4.78 is 21.6. The highest BCUT2D eigenvalue weighted by molar-refractivity contribution is 6.08. The van der Waals surface area contributed by atoms with E-state index in [1.165, 1.54) is 0 Å². The van der Waals surface area contributed by atoms with Crippen LogP contribution in [0.4, 0.5) is 4.79 Å². The Hall–Kier alpha value is -3.95. The first kappa shape index (κ1) is 23.2. The van der Waals surface area contributed by atoms with E-state index in [1.807, 2.05) is 13.0 Å². The number of hydrogen-bond donors (Lipinski definition) is 2. The molecule has 0 aromatic heterocycles. The predicted octanol–water partition coefficient (Wildman–Crippen LogP) is 1.86. The zero-order valence-corrected chi connectivity index (χ0v) is 19.1. The molecule has 180 valence electrons. The summed E-state index contributed by atoms with van der Waals surface area (Å²) in [6.45, 7) is 4.38. The number of nitrogens with one attached hydrogen (secondary N) is 2. The number of urea groups is 1. The molecule has 4 rings (SSSR count). The van der Waals surface area contributed by atoms with E-state index in [0.717, 1.165) is 16.2 Å². The maximum atomic E-state index is 13.0. The Morgan fingerprint density at radius 2 is 1.79 bits per heavy atom. The molecule has 1 fully saturated rings. The summed E-state index contributed by atoms with van der Waals surface area (Å²) in [6.07, 6.45) is 0.252. The van der Waals surface area contributed by atoms with Crippen molar-refractivity contribution < 1.29 is 33.3 Å². The lowest BCUT2D eigenvalue weighted by molar-refractivity contribution is -0.134. The second-order valence-corrected chi connectivity index (χ2v) is 8.12. The summed E-state index contributed by atoms with van der Waals surface area (Å²) in [5.41, 5.74) is -0.361. The van der Waals surface area contributed by atoms with Crippen LogP contribution in [0.25, 0.3) is 0 Å². The van der Waals surface area contributed by atoms with E-state index < -0.39 is 23.4 Å². The van der Waals surface area contributed by atoms with Gasteiger partial charge in [-0.15, -0.1) is 0 Å². The van der Waals surface area contributed by atoms with Crippen LogP contribution in [0.15, 0.2) is 42.5 Å². The maximum absolute atomic E-state index is 13.0. The minimum absolute atomic E-state index is 0.153. The number of amides is 4. The lowest BCUT2D eigenvalue weighted by Gasteiger charge is -2.22. The molecule has 0 bridgehead atoms. The minimum atomic E-state index is -1.16. The Bertz CT molecular complexity index is 1070. The average molecular weight is 469 g/mol. The standard InChI is InChI=1S/C24H27N3O7/c1-3-31-17-5-7-18(8-6-17)32-11-10-25-21(28)14-27-22(29)24(2,26-23(27)30)13-16-4-9-19-20(12-16)34-15-33-19/h4-9,12H,3,10-11,13-15H2,1-2H3,(H,25,28)(H,26,30). The molecule has 2 N–H and O–H groups in total. The predicted molar refractivity (Wildman–Crippen MR) is 121 cm³/mol. The molecule has 2 aliphatic heterocycles. The van der Waals surface area contributed by atoms with Gasteiger partial charge >= 0.3 is 6.03 Å². The smallest absolute Gasteiger partial charge is 0.325 e. The zero-order chi connectivity index (χ0) is 24.1. The largest absolute Gasteiger partial charge is 0.494 e. The van der Waals surface area contributed by atoms with Crippen molar-refractivity contribution in [1.29, 1.82) is 0 Å². The van der Waals surface area contributed by atoms with Crippen LogP contribution in [0.5, 0.6) is 23.0 Å². The Labute approximate surface area is 197 Å². The fourth-order valence-corrected chi connectivity index (χ4v) is 3.83. The van der Waals surface area contributed by atoms with Gasteiger partial charge in [-0.2, -0.15) is 0 Å². The molecular weight excluding hydrogens is 442 g/mol. The van der Waals surface area contributed by atoms with Gasteiger partial charge in [-0.3, -0.25) is 14.5 Å². The molecule has 4 amide bonds. The van der Waals surface area contributed by atoms with Gasteiger partial charge < -0.3 is 29.6 Å². The summed E-state index contributed by atoms with van der Waals surface area (Å²) in [5, 5.41) is 5.37. The highest BCUT2D eigenvalue weighted by Gasteiger charge is 2.48. The van der Waals surface area contributed by atoms with Gasteiger partial charge in [0.2, 0.25) is 12.7 Å². The molecule has 10 heteroatoms. The Morgan fingerprint density at radius 3 is 2.53 bits per heavy atom. The zero-order valence-electron chi connectivity index (χ0n) is 19.1. The Balaban J connectivity index is 1.25. The van der Waals surface area contributed by atoms with Crippen LogP contribution in [-0.2, 0) is 16.0 Å². The highest BCUT2D eigenvalue weighted by atomic mass is 16.7. The molecule has 0 radical (unpaired) electrons. The molecule has 1 saturated heterocycles. The van der Waals surface area contributed by atoms with E-state index in [1.54, 1.807) is 43.3 Å². The van der Waals surface area contributed by atoms with Crippen LogP contribution in [0.2, 0.25) is 0 Å². The van der Waals surface area contributed by atoms with Gasteiger partial charge in [0.1, 0.15) is 30.2 Å². The third-order valence-electron chi connectivity index (χ3n) is 5.47. The number of benzene rings is 2. The molecule has 2 aromatic carbocycles. The minimum Gasteiger partial charge on any atom is -0.494 e. The van der Waals surface area contributed by atoms with Gasteiger partial charge in [0.15, 0.2) is 11.5 Å². The lowest BCUT2D eigenvalue weighted by Crippen LogP contribution is -2.47. The lowest BCUT2D eigenvalue weighted by atomic mass is 9.92. The molecule has 1 unspecified atom stereocenters. The van der Waals surface area contributed by atoms with E-state index in [-0.39, 0.29) is 32.9 Å². The average Bonchev–Trinajstić information content (AvgIpc) is 3.36. The van der Waals surface area contributed by atoms with Gasteiger partial charge in [0.25, 0.3) is 5.91 Å². The van der Waals surface area contributed by atoms with E-state index in [9.17, 15) is 14.4 Å². The number of carbonyl (C=O) groups is 3. The summed E-state index contributed by atoms with van der Waals surface area (Å²) in [4.78, 5) is 38.7. The molecule has 10 nitrogen and oxygen atoms in total. The van der Waals surface area contributed by atoms with Crippen molar-refractivity contribution in [2.75, 3.05) is 33.1 Å². The van der Waals surface area contributed by atoms with Gasteiger partial charge in [-0.25, -0.2) is 4.79 Å². The second kappa shape index (κ2) is 9.90. The van der Waals surface area contributed by atoms with Crippen molar-refractivity contribution in [1.82, 2.24) is 15.5 Å². The Morgan fingerprint density at radius 1 is 1.09 bits per heavy atom. The number of hydrogen-bond acceptors (Lipinski definition) is 7. The van der Waals surface area contributed by atoms with Crippen LogP contribution in [0.1, 0.15) is 19.4 Å². The maximum Gasteiger partial charge on any atom is 0.325 e. The second-order valence-electron chi connectivity index (χ2n) is 8.12. The normalized spacial score (nSPS) is 18.6. The number of carbonyl (C=O) groups excluding carboxylic acids is 3. The van der Waals surface area contributed by atoms with Crippen molar-refractivity contribution in [2.45, 2.75) is 25.8 Å². The van der Waals surface area contributed by atoms with Crippen molar-refractivity contribution in [2.24, 2.45) is 0 Å². The number of ether oxygens (including phenoxy) is 4. The topological polar surface area (TPSA) is 115 Å². The fraction of sp³-hybridized carbons (Fsp3) is 0.375. The summed E-state index contributed by atoms with van der Waals surface area (Å²) in [7, 11) is 0. The molecule has 34 heavy (non-hydrogen) atoms. The Kier molecular flexibility index (Phi) is 6.76. The van der Waals surface area contributed by atoms with E-state index in [4.69, 9.17) is 18.9 Å². The van der Waals surface area contributed by atoms with Gasteiger partial charge in [0.05, 0.1) is 13.2 Å². The molecule has 0 aliphatic carbocycles. The van der Waals surface area contributed by atoms with Crippen molar-refractivity contribution >= 4 is 17.8 Å². The van der Waals surface area contributed by atoms with Crippen molar-refractivity contribution in [3.05, 3.63) is 48.0 Å². The summed E-state index contributed by atoms with van der Waals surface area (Å²) in [5.74, 6) is 1.72. The van der Waals surface area contributed by atoms with Crippen LogP contribution in [0.3, 0.4) is 0 Å². The first-order chi connectivity index (χ1) is 16.4. The van der Waals surface area contributed by atoms with E-state index >= 15 is 0 Å². The molecule has 2 heterocycles. The molecule has 2 aliphatic rings. The summed E-state index contributed by atoms with van der Waals surface area (Å²) >= 11 is 0. The van der Waals surface area contributed by atoms with Crippen LogP contribution >= 0.6 is 0 Å². The third-order valence-corrected chi connectivity index (χ3v) is 5.47. The molecule has 1 atom stereocenters. The SMILES string of the molecule is CCOc1ccc(OCCNC(=O)CN2C(=O)NC(C)(Cc3ccc4c(c3)OCO4)C2=O)cc1. The van der Waals surface area contributed by atoms with Gasteiger partial charge in [-0.05, 0) is 55.8 Å². The molecular formula is C24H27N3O7. The van der Waals surface area contributed by atoms with Crippen molar-refractivity contribution in [3.63, 3.8) is 0 Å². The van der Waals surface area contributed by atoms with E-state index in [2.05, 4.69) is 10.6 Å². The van der Waals surface area contributed by atoms with Gasteiger partial charge in [0, 0.05) is 6.42 Å². The number of nitrogens with zero attached hydrogens (tertiary/aromatic N) is 1. The number of fused-ring (bicyclic) bond motifs is 1. The van der Waals surface area contributed by atoms with Crippen LogP contribution in [0, 0.1) is 0 Å². The van der Waals surface area contributed by atoms with Crippen LogP contribution < -0.4 is 29.6 Å². The van der Waals surface area contributed by atoms with Crippen molar-refractivity contribution in [3.8, 4) is 23.0 Å². The number of imide groups is 1. The molecule has 2 aromatic rings. The fourth-order valence-electron chi connectivity index (χ4n) is 3.83. The van der Waals surface area contributed by atoms with E-state index in [0.29, 0.717) is 23.9 Å². The monoisotopic (exact) mass is 469 g/mol. The molecule has 0 saturated carbocycles.